The summed E-state index contributed by atoms with van der Waals surface area (Å²) in [4.78, 5) is 24.3. The van der Waals surface area contributed by atoms with Gasteiger partial charge in [0.05, 0.1) is 0 Å². The molecule has 2 amide bonds. The van der Waals surface area contributed by atoms with Gasteiger partial charge in [-0.15, -0.1) is 0 Å². The van der Waals surface area contributed by atoms with Gasteiger partial charge < -0.3 is 10.6 Å². The minimum absolute atomic E-state index is 0.117. The predicted octanol–water partition coefficient (Wildman–Crippen LogP) is 4.37. The molecule has 0 aliphatic carbocycles. The van der Waals surface area contributed by atoms with Crippen LogP contribution in [0.3, 0.4) is 0 Å². The van der Waals surface area contributed by atoms with E-state index in [1.807, 2.05) is 27.7 Å². The Hall–Kier alpha value is -2.69. The maximum Gasteiger partial charge on any atom is 0.255 e. The van der Waals surface area contributed by atoms with E-state index in [-0.39, 0.29) is 11.5 Å². The number of rotatable bonds is 3. The highest BCUT2D eigenvalue weighted by Crippen LogP contribution is 2.23. The molecule has 2 aromatic carbocycles. The van der Waals surface area contributed by atoms with E-state index >= 15 is 0 Å². The summed E-state index contributed by atoms with van der Waals surface area (Å²) in [7, 11) is 0. The van der Waals surface area contributed by atoms with Crippen LogP contribution in [0.1, 0.15) is 36.7 Å². The molecule has 0 saturated heterocycles. The lowest BCUT2D eigenvalue weighted by molar-refractivity contribution is -0.123. The molecule has 0 aromatic heterocycles. The number of anilines is 2. The lowest BCUT2D eigenvalue weighted by atomic mass is 9.95. The standard InChI is InChI=1S/C19H21FN2O2/c1-12-8-9-15(21-18(24)19(2,3)4)11-16(12)22-17(23)13-6-5-7-14(20)10-13/h5-11H,1-4H3,(H,21,24)(H,22,23). The first-order chi connectivity index (χ1) is 11.2. The number of nitrogens with one attached hydrogen (secondary N) is 2. The van der Waals surface area contributed by atoms with E-state index in [0.717, 1.165) is 5.56 Å². The summed E-state index contributed by atoms with van der Waals surface area (Å²) in [6.45, 7) is 7.31. The van der Waals surface area contributed by atoms with Crippen molar-refractivity contribution >= 4 is 23.2 Å². The normalized spacial score (nSPS) is 11.0. The molecule has 0 unspecified atom stereocenters. The van der Waals surface area contributed by atoms with Gasteiger partial charge in [0.1, 0.15) is 5.82 Å². The smallest absolute Gasteiger partial charge is 0.255 e. The highest BCUT2D eigenvalue weighted by molar-refractivity contribution is 6.05. The molecule has 24 heavy (non-hydrogen) atoms. The lowest BCUT2D eigenvalue weighted by Gasteiger charge is -2.18. The van der Waals surface area contributed by atoms with Crippen LogP contribution in [0.4, 0.5) is 15.8 Å². The Morgan fingerprint density at radius 2 is 1.71 bits per heavy atom. The number of halogens is 1. The van der Waals surface area contributed by atoms with Crippen LogP contribution >= 0.6 is 0 Å². The Kier molecular flexibility index (Phi) is 5.02. The van der Waals surface area contributed by atoms with Crippen LogP contribution in [0.5, 0.6) is 0 Å². The molecule has 0 radical (unpaired) electrons. The molecule has 2 N–H and O–H groups in total. The van der Waals surface area contributed by atoms with Crippen LogP contribution in [-0.4, -0.2) is 11.8 Å². The Bertz CT molecular complexity index is 779. The van der Waals surface area contributed by atoms with Gasteiger partial charge in [0.25, 0.3) is 5.91 Å². The van der Waals surface area contributed by atoms with E-state index in [1.54, 1.807) is 24.3 Å². The molecule has 4 nitrogen and oxygen atoms in total. The molecule has 0 spiro atoms. The number of carbonyl (C=O) groups excluding carboxylic acids is 2. The number of aryl methyl sites for hydroxylation is 1. The van der Waals surface area contributed by atoms with Crippen molar-refractivity contribution in [1.29, 1.82) is 0 Å². The van der Waals surface area contributed by atoms with Crippen molar-refractivity contribution in [3.63, 3.8) is 0 Å². The third-order valence-corrected chi connectivity index (χ3v) is 3.51. The predicted molar refractivity (Wildman–Crippen MR) is 93.6 cm³/mol. The molecular weight excluding hydrogens is 307 g/mol. The van der Waals surface area contributed by atoms with Crippen molar-refractivity contribution in [3.8, 4) is 0 Å². The van der Waals surface area contributed by atoms with Crippen LogP contribution < -0.4 is 10.6 Å². The largest absolute Gasteiger partial charge is 0.326 e. The summed E-state index contributed by atoms with van der Waals surface area (Å²) in [5.41, 5.74) is 1.72. The Morgan fingerprint density at radius 3 is 2.33 bits per heavy atom. The topological polar surface area (TPSA) is 58.2 Å². The first kappa shape index (κ1) is 17.7. The third kappa shape index (κ3) is 4.41. The monoisotopic (exact) mass is 328 g/mol. The Morgan fingerprint density at radius 1 is 1.00 bits per heavy atom. The van der Waals surface area contributed by atoms with Crippen LogP contribution in [-0.2, 0) is 4.79 Å². The van der Waals surface area contributed by atoms with E-state index < -0.39 is 17.1 Å². The van der Waals surface area contributed by atoms with Crippen molar-refractivity contribution in [1.82, 2.24) is 0 Å². The summed E-state index contributed by atoms with van der Waals surface area (Å²) >= 11 is 0. The van der Waals surface area contributed by atoms with Gasteiger partial charge in [0.2, 0.25) is 5.91 Å². The van der Waals surface area contributed by atoms with Gasteiger partial charge >= 0.3 is 0 Å². The average Bonchev–Trinajstić information content (AvgIpc) is 2.49. The minimum atomic E-state index is -0.518. The molecular formula is C19H21FN2O2. The van der Waals surface area contributed by atoms with Crippen LogP contribution in [0.25, 0.3) is 0 Å². The van der Waals surface area contributed by atoms with E-state index in [9.17, 15) is 14.0 Å². The Labute approximate surface area is 141 Å². The first-order valence-corrected chi connectivity index (χ1v) is 7.66. The highest BCUT2D eigenvalue weighted by Gasteiger charge is 2.21. The van der Waals surface area contributed by atoms with E-state index in [2.05, 4.69) is 10.6 Å². The minimum Gasteiger partial charge on any atom is -0.326 e. The van der Waals surface area contributed by atoms with Gasteiger partial charge in [-0.25, -0.2) is 4.39 Å². The number of amides is 2. The molecule has 0 bridgehead atoms. The van der Waals surface area contributed by atoms with Gasteiger partial charge in [0.15, 0.2) is 0 Å². The zero-order chi connectivity index (χ0) is 17.9. The van der Waals surface area contributed by atoms with E-state index in [1.165, 1.54) is 18.2 Å². The maximum atomic E-state index is 13.2. The molecule has 0 fully saturated rings. The average molecular weight is 328 g/mol. The molecule has 2 aromatic rings. The Balaban J connectivity index is 2.20. The quantitative estimate of drug-likeness (QED) is 0.879. The van der Waals surface area contributed by atoms with Crippen molar-refractivity contribution in [2.75, 3.05) is 10.6 Å². The van der Waals surface area contributed by atoms with Crippen molar-refractivity contribution in [2.45, 2.75) is 27.7 Å². The zero-order valence-corrected chi connectivity index (χ0v) is 14.2. The summed E-state index contributed by atoms with van der Waals surface area (Å²) in [5, 5.41) is 5.57. The SMILES string of the molecule is Cc1ccc(NC(=O)C(C)(C)C)cc1NC(=O)c1cccc(F)c1. The summed E-state index contributed by atoms with van der Waals surface area (Å²) < 4.78 is 13.2. The number of benzene rings is 2. The van der Waals surface area contributed by atoms with Gasteiger partial charge in [-0.2, -0.15) is 0 Å². The van der Waals surface area contributed by atoms with E-state index in [0.29, 0.717) is 11.4 Å². The number of hydrogen-bond donors (Lipinski definition) is 2. The van der Waals surface area contributed by atoms with Gasteiger partial charge in [0, 0.05) is 22.4 Å². The highest BCUT2D eigenvalue weighted by atomic mass is 19.1. The van der Waals surface area contributed by atoms with Crippen molar-refractivity contribution in [3.05, 3.63) is 59.4 Å². The van der Waals surface area contributed by atoms with Crippen LogP contribution in [0, 0.1) is 18.2 Å². The van der Waals surface area contributed by atoms with Crippen molar-refractivity contribution < 1.29 is 14.0 Å². The molecule has 0 aliphatic heterocycles. The maximum absolute atomic E-state index is 13.2. The molecule has 2 rings (SSSR count). The summed E-state index contributed by atoms with van der Waals surface area (Å²) in [6, 6.07) is 10.8. The van der Waals surface area contributed by atoms with Crippen molar-refractivity contribution in [2.24, 2.45) is 5.41 Å². The molecule has 0 saturated carbocycles. The summed E-state index contributed by atoms with van der Waals surface area (Å²) in [5.74, 6) is -0.990. The fraction of sp³-hybridized carbons (Fsp3) is 0.263. The third-order valence-electron chi connectivity index (χ3n) is 3.51. The van der Waals surface area contributed by atoms with Crippen LogP contribution in [0.2, 0.25) is 0 Å². The number of hydrogen-bond acceptors (Lipinski definition) is 2. The summed E-state index contributed by atoms with van der Waals surface area (Å²) in [6.07, 6.45) is 0. The second-order valence-electron chi connectivity index (χ2n) is 6.70. The van der Waals surface area contributed by atoms with Gasteiger partial charge in [-0.1, -0.05) is 32.9 Å². The molecule has 0 atom stereocenters. The second kappa shape index (κ2) is 6.83. The van der Waals surface area contributed by atoms with E-state index in [4.69, 9.17) is 0 Å². The lowest BCUT2D eigenvalue weighted by Crippen LogP contribution is -2.27. The molecule has 126 valence electrons. The zero-order valence-electron chi connectivity index (χ0n) is 14.2. The second-order valence-corrected chi connectivity index (χ2v) is 6.70. The van der Waals surface area contributed by atoms with Crippen LogP contribution in [0.15, 0.2) is 42.5 Å². The molecule has 5 heteroatoms. The molecule has 0 heterocycles. The molecule has 0 aliphatic rings. The van der Waals surface area contributed by atoms with Gasteiger partial charge in [-0.05, 0) is 42.8 Å². The fourth-order valence-electron chi connectivity index (χ4n) is 1.98. The van der Waals surface area contributed by atoms with Gasteiger partial charge in [-0.3, -0.25) is 9.59 Å². The number of carbonyl (C=O) groups is 2. The fourth-order valence-corrected chi connectivity index (χ4v) is 1.98. The first-order valence-electron chi connectivity index (χ1n) is 7.66.